The zero-order valence-electron chi connectivity index (χ0n) is 15.7. The van der Waals surface area contributed by atoms with Crippen LogP contribution in [0.25, 0.3) is 10.2 Å². The second-order valence-electron chi connectivity index (χ2n) is 6.44. The zero-order valence-corrected chi connectivity index (χ0v) is 16.5. The summed E-state index contributed by atoms with van der Waals surface area (Å²) in [7, 11) is 0. The Morgan fingerprint density at radius 3 is 2.80 bits per heavy atom. The van der Waals surface area contributed by atoms with Crippen LogP contribution in [-0.4, -0.2) is 29.6 Å². The van der Waals surface area contributed by atoms with E-state index in [2.05, 4.69) is 4.98 Å². The van der Waals surface area contributed by atoms with Gasteiger partial charge in [0.05, 0.1) is 24.3 Å². The van der Waals surface area contributed by atoms with Crippen molar-refractivity contribution in [3.8, 4) is 5.75 Å². The number of ether oxygens (including phenoxy) is 2. The van der Waals surface area contributed by atoms with E-state index in [1.807, 2.05) is 0 Å². The predicted molar refractivity (Wildman–Crippen MR) is 103 cm³/mol. The third-order valence-electron chi connectivity index (χ3n) is 4.48. The minimum atomic E-state index is -1.21. The summed E-state index contributed by atoms with van der Waals surface area (Å²) in [5.74, 6) is -4.03. The van der Waals surface area contributed by atoms with Gasteiger partial charge in [-0.15, -0.1) is 11.3 Å². The molecule has 1 aromatic heterocycles. The Hall–Kier alpha value is -3.14. The van der Waals surface area contributed by atoms with Crippen LogP contribution in [0, 0.1) is 17.5 Å². The van der Waals surface area contributed by atoms with Crippen LogP contribution < -0.4 is 9.64 Å². The number of carbonyl (C=O) groups excluding carboxylic acids is 2. The summed E-state index contributed by atoms with van der Waals surface area (Å²) < 4.78 is 52.8. The van der Waals surface area contributed by atoms with Crippen LogP contribution >= 0.6 is 11.3 Å². The molecule has 0 spiro atoms. The molecule has 4 rings (SSSR count). The Bertz CT molecular complexity index is 1150. The van der Waals surface area contributed by atoms with Crippen LogP contribution in [0.3, 0.4) is 0 Å². The van der Waals surface area contributed by atoms with Gasteiger partial charge in [-0.2, -0.15) is 0 Å². The Morgan fingerprint density at radius 2 is 2.03 bits per heavy atom. The van der Waals surface area contributed by atoms with Gasteiger partial charge >= 0.3 is 5.97 Å². The monoisotopic (exact) mass is 436 g/mol. The molecule has 0 saturated heterocycles. The molecule has 0 fully saturated rings. The normalized spacial score (nSPS) is 15.8. The number of rotatable bonds is 5. The Kier molecular flexibility index (Phi) is 5.33. The van der Waals surface area contributed by atoms with Crippen LogP contribution in [0.15, 0.2) is 30.3 Å². The minimum absolute atomic E-state index is 0.0854. The Labute approximate surface area is 172 Å². The first kappa shape index (κ1) is 20.1. The van der Waals surface area contributed by atoms with Gasteiger partial charge in [-0.1, -0.05) is 6.07 Å². The molecule has 1 aliphatic heterocycles. The van der Waals surface area contributed by atoms with E-state index in [0.29, 0.717) is 4.70 Å². The molecule has 0 N–H and O–H groups in total. The molecule has 30 heavy (non-hydrogen) atoms. The summed E-state index contributed by atoms with van der Waals surface area (Å²) in [6, 6.07) is 6.43. The maximum Gasteiger partial charge on any atom is 0.310 e. The quantitative estimate of drug-likeness (QED) is 0.567. The molecule has 3 aromatic rings. The summed E-state index contributed by atoms with van der Waals surface area (Å²) in [4.78, 5) is 30.0. The highest BCUT2D eigenvalue weighted by atomic mass is 32.1. The van der Waals surface area contributed by atoms with E-state index < -0.39 is 35.4 Å². The van der Waals surface area contributed by atoms with Crippen molar-refractivity contribution < 1.29 is 32.2 Å². The number of thiazole rings is 1. The minimum Gasteiger partial charge on any atom is -0.478 e. The van der Waals surface area contributed by atoms with E-state index in [1.54, 1.807) is 6.92 Å². The van der Waals surface area contributed by atoms with Crippen LogP contribution in [0.2, 0.25) is 0 Å². The van der Waals surface area contributed by atoms with Gasteiger partial charge in [0.1, 0.15) is 22.0 Å². The van der Waals surface area contributed by atoms with Crippen molar-refractivity contribution in [2.75, 3.05) is 11.5 Å². The third-order valence-corrected chi connectivity index (χ3v) is 5.48. The Morgan fingerprint density at radius 1 is 1.23 bits per heavy atom. The standard InChI is InChI=1S/C20H15F3N2O4S/c1-2-28-16(26)8-13-20(27)25(19-11(22)4-3-5-12(19)29-13)9-15-24-18-14(30-15)7-6-10(21)17(18)23/h3-7,13H,2,8-9H2,1H3. The van der Waals surface area contributed by atoms with Crippen molar-refractivity contribution in [1.82, 2.24) is 4.98 Å². The number of benzene rings is 2. The summed E-state index contributed by atoms with van der Waals surface area (Å²) in [5.41, 5.74) is -0.263. The number of anilines is 1. The van der Waals surface area contributed by atoms with E-state index in [0.717, 1.165) is 22.3 Å². The fourth-order valence-corrected chi connectivity index (χ4v) is 4.14. The van der Waals surface area contributed by atoms with Gasteiger partial charge in [-0.3, -0.25) is 14.5 Å². The highest BCUT2D eigenvalue weighted by Crippen LogP contribution is 2.38. The molecule has 1 unspecified atom stereocenters. The molecule has 0 aliphatic carbocycles. The van der Waals surface area contributed by atoms with Gasteiger partial charge in [0.15, 0.2) is 23.6 Å². The second-order valence-corrected chi connectivity index (χ2v) is 7.56. The molecule has 1 atom stereocenters. The number of hydrogen-bond donors (Lipinski definition) is 0. The van der Waals surface area contributed by atoms with E-state index in [-0.39, 0.29) is 41.5 Å². The molecule has 0 radical (unpaired) electrons. The summed E-state index contributed by atoms with van der Waals surface area (Å²) >= 11 is 1.05. The first-order valence-electron chi connectivity index (χ1n) is 9.04. The number of fused-ring (bicyclic) bond motifs is 2. The van der Waals surface area contributed by atoms with Crippen LogP contribution in [0.4, 0.5) is 18.9 Å². The van der Waals surface area contributed by atoms with Gasteiger partial charge in [-0.25, -0.2) is 18.2 Å². The highest BCUT2D eigenvalue weighted by Gasteiger charge is 2.38. The van der Waals surface area contributed by atoms with Gasteiger partial charge in [0.25, 0.3) is 5.91 Å². The number of amides is 1. The van der Waals surface area contributed by atoms with Crippen molar-refractivity contribution in [2.45, 2.75) is 26.0 Å². The van der Waals surface area contributed by atoms with Crippen molar-refractivity contribution in [3.05, 3.63) is 52.8 Å². The third kappa shape index (κ3) is 3.58. The van der Waals surface area contributed by atoms with E-state index >= 15 is 0 Å². The lowest BCUT2D eigenvalue weighted by Gasteiger charge is -2.33. The lowest BCUT2D eigenvalue weighted by atomic mass is 10.1. The lowest BCUT2D eigenvalue weighted by Crippen LogP contribution is -2.47. The molecule has 156 valence electrons. The SMILES string of the molecule is CCOC(=O)CC1Oc2cccc(F)c2N(Cc2nc3c(F)c(F)ccc3s2)C1=O. The second kappa shape index (κ2) is 7.94. The maximum absolute atomic E-state index is 14.5. The maximum atomic E-state index is 14.5. The number of carbonyl (C=O) groups is 2. The van der Waals surface area contributed by atoms with Gasteiger partial charge in [0.2, 0.25) is 0 Å². The van der Waals surface area contributed by atoms with Crippen LogP contribution in [0.1, 0.15) is 18.4 Å². The average Bonchev–Trinajstić information content (AvgIpc) is 3.12. The summed E-state index contributed by atoms with van der Waals surface area (Å²) in [6.07, 6.45) is -1.55. The molecule has 1 aliphatic rings. The molecule has 0 bridgehead atoms. The largest absolute Gasteiger partial charge is 0.478 e. The van der Waals surface area contributed by atoms with Crippen LogP contribution in [-0.2, 0) is 20.9 Å². The molecular formula is C20H15F3N2O4S. The summed E-state index contributed by atoms with van der Waals surface area (Å²) in [6.45, 7) is 1.58. The number of para-hydroxylation sites is 1. The van der Waals surface area contributed by atoms with Crippen molar-refractivity contribution >= 4 is 39.1 Å². The smallest absolute Gasteiger partial charge is 0.310 e. The van der Waals surface area contributed by atoms with Gasteiger partial charge < -0.3 is 9.47 Å². The van der Waals surface area contributed by atoms with Gasteiger partial charge in [0, 0.05) is 0 Å². The van der Waals surface area contributed by atoms with E-state index in [4.69, 9.17) is 9.47 Å². The number of halogens is 3. The number of aromatic nitrogens is 1. The fraction of sp³-hybridized carbons (Fsp3) is 0.250. The number of esters is 1. The highest BCUT2D eigenvalue weighted by molar-refractivity contribution is 7.18. The molecule has 6 nitrogen and oxygen atoms in total. The molecule has 0 saturated carbocycles. The summed E-state index contributed by atoms with van der Waals surface area (Å²) in [5, 5.41) is 0.272. The Balaban J connectivity index is 1.71. The number of nitrogens with zero attached hydrogens (tertiary/aromatic N) is 2. The molecule has 2 aromatic carbocycles. The fourth-order valence-electron chi connectivity index (χ4n) is 3.18. The van der Waals surface area contributed by atoms with Crippen molar-refractivity contribution in [2.24, 2.45) is 0 Å². The average molecular weight is 436 g/mol. The van der Waals surface area contributed by atoms with E-state index in [1.165, 1.54) is 24.3 Å². The van der Waals surface area contributed by atoms with Gasteiger partial charge in [-0.05, 0) is 31.2 Å². The predicted octanol–water partition coefficient (Wildman–Crippen LogP) is 3.96. The molecular weight excluding hydrogens is 421 g/mol. The van der Waals surface area contributed by atoms with E-state index in [9.17, 15) is 22.8 Å². The van der Waals surface area contributed by atoms with Crippen LogP contribution in [0.5, 0.6) is 5.75 Å². The van der Waals surface area contributed by atoms with Crippen molar-refractivity contribution in [3.63, 3.8) is 0 Å². The first-order chi connectivity index (χ1) is 14.4. The topological polar surface area (TPSA) is 68.7 Å². The van der Waals surface area contributed by atoms with Crippen molar-refractivity contribution in [1.29, 1.82) is 0 Å². The number of hydrogen-bond acceptors (Lipinski definition) is 6. The lowest BCUT2D eigenvalue weighted by molar-refractivity contribution is -0.147. The molecule has 10 heteroatoms. The zero-order chi connectivity index (χ0) is 21.4. The molecule has 2 heterocycles. The first-order valence-corrected chi connectivity index (χ1v) is 9.86. The molecule has 1 amide bonds.